The number of hydrogen-bond acceptors (Lipinski definition) is 5. The van der Waals surface area contributed by atoms with E-state index in [1.165, 1.54) is 0 Å². The van der Waals surface area contributed by atoms with E-state index >= 15 is 0 Å². The first-order valence-electron chi connectivity index (χ1n) is 8.87. The normalized spacial score (nSPS) is 10.9. The molecule has 0 unspecified atom stereocenters. The molecule has 8 heteroatoms. The summed E-state index contributed by atoms with van der Waals surface area (Å²) >= 11 is 0. The minimum atomic E-state index is -0.477. The van der Waals surface area contributed by atoms with Crippen molar-refractivity contribution in [3.8, 4) is 11.4 Å². The third-order valence-electron chi connectivity index (χ3n) is 4.14. The van der Waals surface area contributed by atoms with E-state index in [0.717, 1.165) is 28.4 Å². The van der Waals surface area contributed by atoms with Crippen molar-refractivity contribution in [2.75, 3.05) is 27.4 Å². The lowest BCUT2D eigenvalue weighted by Gasteiger charge is -2.10. The van der Waals surface area contributed by atoms with E-state index < -0.39 is 5.91 Å². The Balaban J connectivity index is 1.99. The van der Waals surface area contributed by atoms with Crippen LogP contribution in [0.4, 0.5) is 0 Å². The molecule has 0 saturated heterocycles. The van der Waals surface area contributed by atoms with Crippen molar-refractivity contribution in [3.63, 3.8) is 0 Å². The van der Waals surface area contributed by atoms with Crippen LogP contribution in [0.2, 0.25) is 0 Å². The second kappa shape index (κ2) is 10.3. The predicted molar refractivity (Wildman–Crippen MR) is 107 cm³/mol. The number of hydrazone groups is 1. The SMILES string of the molecule is COCCNC(=O)CC(=O)N/N=C/c1cc(C)n(-c2ccc(OC)cc2)c1C. The molecule has 0 saturated carbocycles. The van der Waals surface area contributed by atoms with Crippen LogP contribution in [0.15, 0.2) is 35.4 Å². The van der Waals surface area contributed by atoms with E-state index in [1.54, 1.807) is 20.4 Å². The maximum atomic E-state index is 11.8. The van der Waals surface area contributed by atoms with Gasteiger partial charge >= 0.3 is 0 Å². The molecule has 1 heterocycles. The topological polar surface area (TPSA) is 94.0 Å². The van der Waals surface area contributed by atoms with Crippen LogP contribution in [-0.2, 0) is 14.3 Å². The molecule has 0 aliphatic rings. The summed E-state index contributed by atoms with van der Waals surface area (Å²) in [6.07, 6.45) is 1.29. The Morgan fingerprint density at radius 3 is 2.50 bits per heavy atom. The van der Waals surface area contributed by atoms with Gasteiger partial charge in [0.05, 0.1) is 19.9 Å². The number of aryl methyl sites for hydroxylation is 1. The number of rotatable bonds is 9. The predicted octanol–water partition coefficient (Wildman–Crippen LogP) is 1.71. The van der Waals surface area contributed by atoms with Gasteiger partial charge in [0.15, 0.2) is 0 Å². The highest BCUT2D eigenvalue weighted by Gasteiger charge is 2.10. The van der Waals surface area contributed by atoms with Gasteiger partial charge in [0, 0.05) is 36.3 Å². The van der Waals surface area contributed by atoms with E-state index in [2.05, 4.69) is 20.4 Å². The molecule has 150 valence electrons. The number of aromatic nitrogens is 1. The molecule has 8 nitrogen and oxygen atoms in total. The van der Waals surface area contributed by atoms with Crippen LogP contribution in [0.3, 0.4) is 0 Å². The number of benzene rings is 1. The van der Waals surface area contributed by atoms with Gasteiger partial charge in [0.2, 0.25) is 11.8 Å². The van der Waals surface area contributed by atoms with E-state index in [-0.39, 0.29) is 12.3 Å². The molecule has 2 amide bonds. The lowest BCUT2D eigenvalue weighted by Crippen LogP contribution is -2.31. The highest BCUT2D eigenvalue weighted by atomic mass is 16.5. The fourth-order valence-corrected chi connectivity index (χ4v) is 2.76. The van der Waals surface area contributed by atoms with Crippen molar-refractivity contribution >= 4 is 18.0 Å². The molecule has 1 aromatic carbocycles. The molecule has 0 radical (unpaired) electrons. The number of ether oxygens (including phenoxy) is 2. The van der Waals surface area contributed by atoms with Gasteiger partial charge in [-0.25, -0.2) is 5.43 Å². The average Bonchev–Trinajstić information content (AvgIpc) is 2.95. The zero-order valence-electron chi connectivity index (χ0n) is 16.6. The van der Waals surface area contributed by atoms with Crippen molar-refractivity contribution < 1.29 is 19.1 Å². The van der Waals surface area contributed by atoms with Crippen molar-refractivity contribution in [3.05, 3.63) is 47.3 Å². The lowest BCUT2D eigenvalue weighted by atomic mass is 10.2. The van der Waals surface area contributed by atoms with E-state index in [9.17, 15) is 9.59 Å². The smallest absolute Gasteiger partial charge is 0.249 e. The Morgan fingerprint density at radius 2 is 1.86 bits per heavy atom. The molecule has 2 rings (SSSR count). The first-order valence-corrected chi connectivity index (χ1v) is 8.87. The van der Waals surface area contributed by atoms with Crippen LogP contribution in [0, 0.1) is 13.8 Å². The molecule has 0 spiro atoms. The molecule has 0 aliphatic heterocycles. The Hall–Kier alpha value is -3.13. The second-order valence-corrected chi connectivity index (χ2v) is 6.17. The number of amides is 2. The van der Waals surface area contributed by atoms with E-state index in [4.69, 9.17) is 9.47 Å². The van der Waals surface area contributed by atoms with E-state index in [0.29, 0.717) is 13.2 Å². The molecular weight excluding hydrogens is 360 g/mol. The Labute approximate surface area is 164 Å². The highest BCUT2D eigenvalue weighted by molar-refractivity contribution is 5.97. The number of nitrogens with zero attached hydrogens (tertiary/aromatic N) is 2. The van der Waals surface area contributed by atoms with Gasteiger partial charge in [-0.3, -0.25) is 9.59 Å². The fraction of sp³-hybridized carbons (Fsp3) is 0.350. The summed E-state index contributed by atoms with van der Waals surface area (Å²) in [6, 6.07) is 9.74. The first-order chi connectivity index (χ1) is 13.5. The van der Waals surface area contributed by atoms with Gasteiger partial charge in [0.25, 0.3) is 0 Å². The standard InChI is InChI=1S/C20H26N4O4/c1-14-11-16(13-22-23-20(26)12-19(25)21-9-10-27-3)15(2)24(14)17-5-7-18(28-4)8-6-17/h5-8,11,13H,9-10,12H2,1-4H3,(H,21,25)(H,23,26)/b22-13+. The summed E-state index contributed by atoms with van der Waals surface area (Å²) in [5, 5.41) is 6.54. The number of carbonyl (C=O) groups excluding carboxylic acids is 2. The molecule has 0 aliphatic carbocycles. The van der Waals surface area contributed by atoms with Crippen LogP contribution >= 0.6 is 0 Å². The fourth-order valence-electron chi connectivity index (χ4n) is 2.76. The van der Waals surface area contributed by atoms with Crippen LogP contribution in [0.5, 0.6) is 5.75 Å². The summed E-state index contributed by atoms with van der Waals surface area (Å²) in [7, 11) is 3.17. The number of hydrogen-bond donors (Lipinski definition) is 2. The maximum Gasteiger partial charge on any atom is 0.249 e. The number of carbonyl (C=O) groups is 2. The lowest BCUT2D eigenvalue weighted by molar-refractivity contribution is -0.129. The van der Waals surface area contributed by atoms with Gasteiger partial charge in [-0.05, 0) is 44.2 Å². The summed E-state index contributed by atoms with van der Waals surface area (Å²) in [5.41, 5.74) is 6.28. The molecule has 2 N–H and O–H groups in total. The molecule has 28 heavy (non-hydrogen) atoms. The molecule has 2 aromatic rings. The largest absolute Gasteiger partial charge is 0.497 e. The monoisotopic (exact) mass is 386 g/mol. The van der Waals surface area contributed by atoms with Crippen LogP contribution < -0.4 is 15.5 Å². The van der Waals surface area contributed by atoms with Crippen molar-refractivity contribution in [2.24, 2.45) is 5.10 Å². The summed E-state index contributed by atoms with van der Waals surface area (Å²) < 4.78 is 12.1. The highest BCUT2D eigenvalue weighted by Crippen LogP contribution is 2.21. The van der Waals surface area contributed by atoms with Gasteiger partial charge in [-0.15, -0.1) is 0 Å². The zero-order valence-corrected chi connectivity index (χ0v) is 16.6. The summed E-state index contributed by atoms with van der Waals surface area (Å²) in [5.74, 6) is -0.0560. The molecule has 1 aromatic heterocycles. The maximum absolute atomic E-state index is 11.8. The summed E-state index contributed by atoms with van der Waals surface area (Å²) in [4.78, 5) is 23.4. The van der Waals surface area contributed by atoms with Crippen LogP contribution in [0.25, 0.3) is 5.69 Å². The van der Waals surface area contributed by atoms with Gasteiger partial charge < -0.3 is 19.4 Å². The number of nitrogens with one attached hydrogen (secondary N) is 2. The minimum absolute atomic E-state index is 0.286. The molecule has 0 fully saturated rings. The second-order valence-electron chi connectivity index (χ2n) is 6.17. The Morgan fingerprint density at radius 1 is 1.14 bits per heavy atom. The Kier molecular flexibility index (Phi) is 7.76. The van der Waals surface area contributed by atoms with Gasteiger partial charge in [-0.1, -0.05) is 0 Å². The molecule has 0 bridgehead atoms. The first kappa shape index (κ1) is 21.2. The molecular formula is C20H26N4O4. The summed E-state index contributed by atoms with van der Waals surface area (Å²) in [6.45, 7) is 4.74. The van der Waals surface area contributed by atoms with Crippen molar-refractivity contribution in [1.82, 2.24) is 15.3 Å². The van der Waals surface area contributed by atoms with Crippen molar-refractivity contribution in [2.45, 2.75) is 20.3 Å². The third-order valence-corrected chi connectivity index (χ3v) is 4.14. The van der Waals surface area contributed by atoms with Crippen molar-refractivity contribution in [1.29, 1.82) is 0 Å². The van der Waals surface area contributed by atoms with Crippen LogP contribution in [-0.4, -0.2) is 50.0 Å². The minimum Gasteiger partial charge on any atom is -0.497 e. The average molecular weight is 386 g/mol. The van der Waals surface area contributed by atoms with Gasteiger partial charge in [0.1, 0.15) is 12.2 Å². The third kappa shape index (κ3) is 5.68. The molecule has 0 atom stereocenters. The zero-order chi connectivity index (χ0) is 20.5. The van der Waals surface area contributed by atoms with Crippen LogP contribution in [0.1, 0.15) is 23.4 Å². The van der Waals surface area contributed by atoms with E-state index in [1.807, 2.05) is 44.2 Å². The van der Waals surface area contributed by atoms with Gasteiger partial charge in [-0.2, -0.15) is 5.10 Å². The number of methoxy groups -OCH3 is 2. The quantitative estimate of drug-likeness (QED) is 0.297. The Bertz CT molecular complexity index is 841.